The quantitative estimate of drug-likeness (QED) is 0.239. The number of carbonyl (C=O) groups is 1. The van der Waals surface area contributed by atoms with Crippen LogP contribution in [-0.4, -0.2) is 43.1 Å². The number of para-hydroxylation sites is 1. The molecule has 2 heterocycles. The van der Waals surface area contributed by atoms with Crippen molar-refractivity contribution in [3.8, 4) is 28.5 Å². The fraction of sp³-hybridized carbons (Fsp3) is 0.407. The normalized spacial score (nSPS) is 14.1. The van der Waals surface area contributed by atoms with E-state index < -0.39 is 6.17 Å². The zero-order valence-corrected chi connectivity index (χ0v) is 22.7. The van der Waals surface area contributed by atoms with Crippen molar-refractivity contribution < 1.29 is 23.7 Å². The lowest BCUT2D eigenvalue weighted by Gasteiger charge is -2.32. The molecular formula is C27H33N4O5S+. The minimum absolute atomic E-state index is 0.205. The molecule has 1 N–H and O–H groups in total. The van der Waals surface area contributed by atoms with Crippen molar-refractivity contribution in [2.45, 2.75) is 50.9 Å². The van der Waals surface area contributed by atoms with Crippen LogP contribution < -0.4 is 29.4 Å². The topological polar surface area (TPSA) is 97.6 Å². The van der Waals surface area contributed by atoms with Crippen LogP contribution in [0.2, 0.25) is 0 Å². The molecule has 1 aromatic heterocycles. The van der Waals surface area contributed by atoms with Crippen LogP contribution in [0.3, 0.4) is 0 Å². The number of rotatable bonds is 10. The van der Waals surface area contributed by atoms with E-state index in [9.17, 15) is 9.59 Å². The fourth-order valence-electron chi connectivity index (χ4n) is 4.68. The maximum Gasteiger partial charge on any atom is 0.325 e. The van der Waals surface area contributed by atoms with Crippen molar-refractivity contribution in [1.82, 2.24) is 10.1 Å². The number of ether oxygens (including phenoxy) is 3. The molecule has 10 heteroatoms. The predicted octanol–water partition coefficient (Wildman–Crippen LogP) is 4.34. The lowest BCUT2D eigenvalue weighted by Crippen LogP contribution is -2.60. The number of nitrogens with zero attached hydrogens (tertiary/aromatic N) is 3. The maximum atomic E-state index is 13.5. The number of benzene rings is 2. The van der Waals surface area contributed by atoms with Crippen LogP contribution in [0.15, 0.2) is 46.3 Å². The molecule has 4 rings (SSSR count). The number of methoxy groups -OCH3 is 3. The second-order valence-electron chi connectivity index (χ2n) is 8.66. The van der Waals surface area contributed by atoms with E-state index in [0.717, 1.165) is 25.0 Å². The van der Waals surface area contributed by atoms with Gasteiger partial charge in [-0.05, 0) is 35.4 Å². The van der Waals surface area contributed by atoms with E-state index in [1.807, 2.05) is 30.3 Å². The van der Waals surface area contributed by atoms with Gasteiger partial charge in [0.2, 0.25) is 16.8 Å². The Morgan fingerprint density at radius 3 is 2.49 bits per heavy atom. The van der Waals surface area contributed by atoms with Crippen LogP contribution in [-0.2, 0) is 4.79 Å². The number of hydrogen-bond donors (Lipinski definition) is 1. The first kappa shape index (κ1) is 26.5. The summed E-state index contributed by atoms with van der Waals surface area (Å²) in [6, 6.07) is 10.9. The van der Waals surface area contributed by atoms with E-state index in [-0.39, 0.29) is 11.5 Å². The molecular weight excluding hydrogens is 492 g/mol. The highest BCUT2D eigenvalue weighted by Crippen LogP contribution is 2.45. The number of nitrogens with one attached hydrogen (secondary N) is 1. The average Bonchev–Trinajstić information content (AvgIpc) is 2.90. The third-order valence-electron chi connectivity index (χ3n) is 6.35. The summed E-state index contributed by atoms with van der Waals surface area (Å²) >= 11 is 1.50. The summed E-state index contributed by atoms with van der Waals surface area (Å²) in [6.07, 6.45) is 3.69. The van der Waals surface area contributed by atoms with Crippen molar-refractivity contribution in [3.63, 3.8) is 0 Å². The zero-order chi connectivity index (χ0) is 26.5. The Balaban J connectivity index is 1.94. The van der Waals surface area contributed by atoms with Gasteiger partial charge in [-0.15, -0.1) is 0 Å². The van der Waals surface area contributed by atoms with Crippen molar-refractivity contribution in [3.05, 3.63) is 52.3 Å². The van der Waals surface area contributed by atoms with Gasteiger partial charge >= 0.3 is 11.3 Å². The number of unbranched alkanes of at least 4 members (excludes halogenated alkanes) is 3. The van der Waals surface area contributed by atoms with Gasteiger partial charge < -0.3 is 14.2 Å². The molecule has 9 nitrogen and oxygen atoms in total. The number of anilines is 1. The molecule has 37 heavy (non-hydrogen) atoms. The predicted molar refractivity (Wildman–Crippen MR) is 143 cm³/mol. The van der Waals surface area contributed by atoms with Crippen molar-refractivity contribution >= 4 is 23.4 Å². The van der Waals surface area contributed by atoms with E-state index in [1.54, 1.807) is 22.8 Å². The maximum absolute atomic E-state index is 13.5. The first-order valence-corrected chi connectivity index (χ1v) is 13.3. The second-order valence-corrected chi connectivity index (χ2v) is 9.75. The van der Waals surface area contributed by atoms with Gasteiger partial charge in [-0.25, -0.2) is 4.90 Å². The fourth-order valence-corrected chi connectivity index (χ4v) is 5.54. The molecule has 0 fully saturated rings. The molecule has 0 spiro atoms. The van der Waals surface area contributed by atoms with Gasteiger partial charge in [-0.1, -0.05) is 50.1 Å². The van der Waals surface area contributed by atoms with E-state index in [4.69, 9.17) is 19.3 Å². The summed E-state index contributed by atoms with van der Waals surface area (Å²) in [5.41, 5.74) is 1.94. The van der Waals surface area contributed by atoms with Gasteiger partial charge in [0.1, 0.15) is 0 Å². The molecule has 0 aliphatic carbocycles. The minimum Gasteiger partial charge on any atom is -0.493 e. The highest BCUT2D eigenvalue weighted by atomic mass is 32.2. The highest BCUT2D eigenvalue weighted by molar-refractivity contribution is 7.99. The summed E-state index contributed by atoms with van der Waals surface area (Å²) in [6.45, 7) is 3.67. The van der Waals surface area contributed by atoms with Crippen LogP contribution in [0.1, 0.15) is 51.3 Å². The van der Waals surface area contributed by atoms with Crippen LogP contribution >= 0.6 is 11.8 Å². The minimum atomic E-state index is -0.793. The van der Waals surface area contributed by atoms with Crippen molar-refractivity contribution in [1.29, 1.82) is 0 Å². The lowest BCUT2D eigenvalue weighted by molar-refractivity contribution is -0.763. The van der Waals surface area contributed by atoms with Gasteiger partial charge in [-0.3, -0.25) is 14.6 Å². The number of H-pyrrole nitrogens is 1. The van der Waals surface area contributed by atoms with E-state index >= 15 is 0 Å². The molecule has 2 aromatic carbocycles. The average molecular weight is 526 g/mol. The standard InChI is InChI=1S/C27H32N4O5S/c1-6-7-8-11-16-37-27-28-25(33)22-18-12-9-10-13-20(18)30(17(2)32)26(31(22)29-27)19-14-15-21(34-3)24(36-5)23(19)35-4/h9-10,12-15,26H,6-8,11,16H2,1-5H3/p+1. The molecule has 0 saturated heterocycles. The smallest absolute Gasteiger partial charge is 0.325 e. The molecule has 3 aromatic rings. The molecule has 1 aliphatic heterocycles. The number of thioether (sulfide) groups is 1. The van der Waals surface area contributed by atoms with Crippen LogP contribution in [0.25, 0.3) is 11.3 Å². The molecule has 196 valence electrons. The Morgan fingerprint density at radius 2 is 1.81 bits per heavy atom. The number of aromatic amines is 1. The van der Waals surface area contributed by atoms with E-state index in [0.29, 0.717) is 44.9 Å². The molecule has 1 atom stereocenters. The SMILES string of the molecule is CCCCCCSc1n[n+]2c(c(=O)[nH]1)-c1ccccc1N(C(C)=O)C2c1ccc(OC)c(OC)c1OC. The van der Waals surface area contributed by atoms with Crippen LogP contribution in [0.5, 0.6) is 17.2 Å². The van der Waals surface area contributed by atoms with Gasteiger partial charge in [0.15, 0.2) is 11.5 Å². The highest BCUT2D eigenvalue weighted by Gasteiger charge is 2.46. The summed E-state index contributed by atoms with van der Waals surface area (Å²) in [7, 11) is 4.61. The van der Waals surface area contributed by atoms with Crippen LogP contribution in [0, 0.1) is 0 Å². The summed E-state index contributed by atoms with van der Waals surface area (Å²) in [5, 5.41) is 5.36. The molecule has 0 radical (unpaired) electrons. The van der Waals surface area contributed by atoms with E-state index in [1.165, 1.54) is 39.3 Å². The van der Waals surface area contributed by atoms with Gasteiger partial charge in [0, 0.05) is 17.8 Å². The molecule has 1 unspecified atom stereocenters. The largest absolute Gasteiger partial charge is 0.493 e. The van der Waals surface area contributed by atoms with Crippen LogP contribution in [0.4, 0.5) is 5.69 Å². The van der Waals surface area contributed by atoms with Gasteiger partial charge in [-0.2, -0.15) is 0 Å². The second kappa shape index (κ2) is 11.7. The Morgan fingerprint density at radius 1 is 1.05 bits per heavy atom. The van der Waals surface area contributed by atoms with E-state index in [2.05, 4.69) is 11.9 Å². The number of fused-ring (bicyclic) bond motifs is 3. The third kappa shape index (κ3) is 5.02. The Labute approximate surface area is 220 Å². The van der Waals surface area contributed by atoms with Gasteiger partial charge in [0.25, 0.3) is 6.17 Å². The number of carbonyl (C=O) groups excluding carboxylic acids is 1. The summed E-state index contributed by atoms with van der Waals surface area (Å²) in [4.78, 5) is 31.3. The molecule has 1 aliphatic rings. The number of amides is 1. The molecule has 0 saturated carbocycles. The lowest BCUT2D eigenvalue weighted by atomic mass is 10.0. The van der Waals surface area contributed by atoms with Crippen molar-refractivity contribution in [2.24, 2.45) is 0 Å². The number of aromatic nitrogens is 3. The Bertz CT molecular complexity index is 1340. The first-order chi connectivity index (χ1) is 18.0. The third-order valence-corrected chi connectivity index (χ3v) is 7.30. The molecule has 1 amide bonds. The van der Waals surface area contributed by atoms with Gasteiger partial charge in [0.05, 0.1) is 38.1 Å². The monoisotopic (exact) mass is 525 g/mol. The number of hydrogen-bond acceptors (Lipinski definition) is 7. The summed E-state index contributed by atoms with van der Waals surface area (Å²) in [5.74, 6) is 1.90. The Kier molecular flexibility index (Phi) is 8.38. The zero-order valence-electron chi connectivity index (χ0n) is 21.9. The van der Waals surface area contributed by atoms with Crippen molar-refractivity contribution in [2.75, 3.05) is 32.0 Å². The Hall–Kier alpha value is -3.53. The molecule has 0 bridgehead atoms. The first-order valence-electron chi connectivity index (χ1n) is 12.3. The summed E-state index contributed by atoms with van der Waals surface area (Å²) < 4.78 is 18.5.